The SMILES string of the molecule is COC1(CN2C(=O)Cc3cc(-c4cc(-c5cc(-c6ccc7c(c6)oc(=O)n7Cc6cn(C)c(-c7ccnc(CN8C(=O)Cc9cc(-c%10cccc(C%11CCC(=O)NC%11=O)c%10Cl)ccc98)n7)n6)c(Cl)c(C6CCC(=O)NC6=O)c5)cc(C5CCC(=O)NC5=O)c4Cl)ccc32)CC1. The number of nitrogens with zero attached hydrogens (tertiary/aromatic N) is 7. The molecular weight excluding hydrogens is 1280 g/mol. The molecule has 5 aliphatic heterocycles. The summed E-state index contributed by atoms with van der Waals surface area (Å²) in [4.78, 5) is 136. The van der Waals surface area contributed by atoms with Crippen LogP contribution in [0.5, 0.6) is 0 Å². The zero-order chi connectivity index (χ0) is 65.9. The summed E-state index contributed by atoms with van der Waals surface area (Å²) in [6.07, 6.45) is 6.48. The van der Waals surface area contributed by atoms with Gasteiger partial charge in [-0.3, -0.25) is 58.9 Å². The van der Waals surface area contributed by atoms with Crippen LogP contribution in [0.25, 0.3) is 67.1 Å². The molecule has 8 amide bonds. The van der Waals surface area contributed by atoms with Gasteiger partial charge in [-0.1, -0.05) is 71.2 Å². The van der Waals surface area contributed by atoms with Gasteiger partial charge in [0.15, 0.2) is 11.4 Å². The van der Waals surface area contributed by atoms with Crippen molar-refractivity contribution in [3.05, 3.63) is 180 Å². The molecule has 1 saturated carbocycles. The van der Waals surface area contributed by atoms with Crippen molar-refractivity contribution in [1.82, 2.24) is 40.0 Å². The molecule has 15 rings (SSSR count). The van der Waals surface area contributed by atoms with Gasteiger partial charge >= 0.3 is 5.76 Å². The van der Waals surface area contributed by atoms with Crippen molar-refractivity contribution >= 4 is 105 Å². The standard InChI is InChI=1S/C71H57Cl3N10O11/c1-81-31-42(76-66(81)52-18-21-75-57(77-52)33-82-53-12-6-35(22-40(53)29-61(82)88)43-4-3-5-44(63(43)72)45-9-15-58(85)78-67(45)90)32-83-55-14-8-37(28-56(55)95-70(83)93)49-25-39(27-51(65(49)74)47-11-17-60(87)80-69(47)92)38-24-48(64(73)50(26-38)46-10-16-59(86)79-68(46)91)36-7-13-54-41(23-36)30-62(89)84(54)34-71(94-2)19-20-71/h3-8,12-14,18,21-28,31,45-47H,9-11,15-17,19-20,29-30,32-34H2,1-2H3,(H,78,85,90)(H,79,86,91)(H,80,87,92). The Hall–Kier alpha value is -9.93. The molecule has 0 spiro atoms. The minimum Gasteiger partial charge on any atom is -0.408 e. The number of imidazole rings is 1. The van der Waals surface area contributed by atoms with Gasteiger partial charge in [-0.05, 0) is 154 Å². The number of ether oxygens (including phenoxy) is 1. The molecule has 3 atom stereocenters. The molecule has 24 heteroatoms. The topological polar surface area (TPSA) is 267 Å². The van der Waals surface area contributed by atoms with Crippen LogP contribution in [0.4, 0.5) is 11.4 Å². The smallest absolute Gasteiger partial charge is 0.408 e. The van der Waals surface area contributed by atoms with Gasteiger partial charge in [0.1, 0.15) is 11.5 Å². The van der Waals surface area contributed by atoms with E-state index in [1.807, 2.05) is 60.7 Å². The first-order valence-corrected chi connectivity index (χ1v) is 32.3. The van der Waals surface area contributed by atoms with E-state index in [2.05, 4.69) is 20.9 Å². The highest BCUT2D eigenvalue weighted by Gasteiger charge is 2.47. The van der Waals surface area contributed by atoms with E-state index in [1.54, 1.807) is 83.4 Å². The highest BCUT2D eigenvalue weighted by Crippen LogP contribution is 2.48. The van der Waals surface area contributed by atoms with E-state index in [0.29, 0.717) is 108 Å². The van der Waals surface area contributed by atoms with Gasteiger partial charge in [0.05, 0.1) is 82.1 Å². The minimum absolute atomic E-state index is 0.00203. The first-order chi connectivity index (χ1) is 45.8. The van der Waals surface area contributed by atoms with E-state index < -0.39 is 47.1 Å². The lowest BCUT2D eigenvalue weighted by atomic mass is 9.83. The molecule has 6 aliphatic rings. The second-order valence-corrected chi connectivity index (χ2v) is 26.3. The number of aryl methyl sites for hydroxylation is 1. The van der Waals surface area contributed by atoms with Crippen molar-refractivity contribution in [3.63, 3.8) is 0 Å². The van der Waals surface area contributed by atoms with E-state index in [0.717, 1.165) is 35.2 Å². The largest absolute Gasteiger partial charge is 0.420 e. The molecule has 4 fully saturated rings. The number of halogens is 3. The zero-order valence-electron chi connectivity index (χ0n) is 51.1. The number of carbonyl (C=O) groups excluding carboxylic acids is 8. The number of nitrogens with one attached hydrogen (secondary N) is 3. The van der Waals surface area contributed by atoms with Gasteiger partial charge in [0.25, 0.3) is 0 Å². The van der Waals surface area contributed by atoms with Crippen molar-refractivity contribution in [2.75, 3.05) is 23.5 Å². The molecule has 95 heavy (non-hydrogen) atoms. The Kier molecular flexibility index (Phi) is 15.4. The maximum absolute atomic E-state index is 13.9. The third-order valence-corrected chi connectivity index (χ3v) is 20.5. The Morgan fingerprint density at radius 2 is 1.12 bits per heavy atom. The van der Waals surface area contributed by atoms with Gasteiger partial charge < -0.3 is 23.5 Å². The lowest BCUT2D eigenvalue weighted by Crippen LogP contribution is -2.39. The van der Waals surface area contributed by atoms with Crippen molar-refractivity contribution in [2.45, 2.75) is 101 Å². The van der Waals surface area contributed by atoms with Crippen molar-refractivity contribution in [1.29, 1.82) is 0 Å². The summed E-state index contributed by atoms with van der Waals surface area (Å²) < 4.78 is 15.0. The average molecular weight is 1330 g/mol. The van der Waals surface area contributed by atoms with Crippen LogP contribution < -0.4 is 31.5 Å². The van der Waals surface area contributed by atoms with Crippen LogP contribution in [-0.4, -0.2) is 90.6 Å². The fraction of sp³-hybridized carbons (Fsp3) is 0.268. The maximum atomic E-state index is 13.9. The molecule has 3 saturated heterocycles. The molecule has 9 aromatic rings. The number of aromatic nitrogens is 5. The summed E-state index contributed by atoms with van der Waals surface area (Å²) in [5, 5.41) is 8.26. The van der Waals surface area contributed by atoms with Crippen LogP contribution in [-0.2, 0) is 76.1 Å². The van der Waals surface area contributed by atoms with Crippen LogP contribution in [0.15, 0.2) is 125 Å². The van der Waals surface area contributed by atoms with E-state index in [1.165, 1.54) is 4.57 Å². The first kappa shape index (κ1) is 61.3. The number of carbonyl (C=O) groups is 8. The second kappa shape index (κ2) is 23.8. The third-order valence-electron chi connectivity index (χ3n) is 19.2. The number of rotatable bonds is 15. The fourth-order valence-corrected chi connectivity index (χ4v) is 15.1. The summed E-state index contributed by atoms with van der Waals surface area (Å²) >= 11 is 21.8. The first-order valence-electron chi connectivity index (χ1n) is 31.1. The highest BCUT2D eigenvalue weighted by atomic mass is 35.5. The molecule has 478 valence electrons. The number of hydrogen-bond donors (Lipinski definition) is 3. The highest BCUT2D eigenvalue weighted by molar-refractivity contribution is 6.36. The maximum Gasteiger partial charge on any atom is 0.420 e. The lowest BCUT2D eigenvalue weighted by Gasteiger charge is -2.26. The van der Waals surface area contributed by atoms with Crippen LogP contribution in [0.2, 0.25) is 15.1 Å². The van der Waals surface area contributed by atoms with Crippen LogP contribution in [0.1, 0.15) is 108 Å². The van der Waals surface area contributed by atoms with E-state index in [4.69, 9.17) is 53.9 Å². The summed E-state index contributed by atoms with van der Waals surface area (Å²) in [5.74, 6) is -4.77. The molecular formula is C71H57Cl3N10O11. The van der Waals surface area contributed by atoms with Crippen LogP contribution in [0, 0.1) is 0 Å². The molecule has 0 radical (unpaired) electrons. The van der Waals surface area contributed by atoms with Crippen molar-refractivity contribution in [2.24, 2.45) is 7.05 Å². The number of imide groups is 3. The average Bonchev–Trinajstić information content (AvgIpc) is 1.76. The normalized spacial score (nSPS) is 19.1. The molecule has 21 nitrogen and oxygen atoms in total. The predicted molar refractivity (Wildman–Crippen MR) is 352 cm³/mol. The Morgan fingerprint density at radius 1 is 0.579 bits per heavy atom. The number of piperidine rings is 3. The monoisotopic (exact) mass is 1330 g/mol. The molecule has 0 bridgehead atoms. The number of methoxy groups -OCH3 is 1. The van der Waals surface area contributed by atoms with Crippen molar-refractivity contribution < 1.29 is 47.5 Å². The summed E-state index contributed by atoms with van der Waals surface area (Å²) in [7, 11) is 3.47. The lowest BCUT2D eigenvalue weighted by molar-refractivity contribution is -0.135. The van der Waals surface area contributed by atoms with Gasteiger partial charge in [-0.2, -0.15) is 0 Å². The van der Waals surface area contributed by atoms with Crippen LogP contribution in [0.3, 0.4) is 0 Å². The Bertz CT molecular complexity index is 4950. The predicted octanol–water partition coefficient (Wildman–Crippen LogP) is 10.2. The number of anilines is 2. The molecule has 3 N–H and O–H groups in total. The second-order valence-electron chi connectivity index (χ2n) is 25.1. The summed E-state index contributed by atoms with van der Waals surface area (Å²) in [5.41, 5.74) is 10.7. The molecule has 3 aromatic heterocycles. The summed E-state index contributed by atoms with van der Waals surface area (Å²) in [6.45, 7) is 0.507. The zero-order valence-corrected chi connectivity index (χ0v) is 53.4. The molecule has 3 unspecified atom stereocenters. The van der Waals surface area contributed by atoms with Crippen LogP contribution >= 0.6 is 34.8 Å². The third kappa shape index (κ3) is 11.2. The van der Waals surface area contributed by atoms with Gasteiger partial charge in [0, 0.05) is 73.9 Å². The Balaban J connectivity index is 0.724. The summed E-state index contributed by atoms with van der Waals surface area (Å²) in [6, 6.07) is 31.1. The fourth-order valence-electron chi connectivity index (χ4n) is 14.0. The van der Waals surface area contributed by atoms with Gasteiger partial charge in [-0.15, -0.1) is 0 Å². The number of benzene rings is 6. The Labute approximate surface area is 556 Å². The van der Waals surface area contributed by atoms with E-state index in [-0.39, 0.29) is 103 Å². The van der Waals surface area contributed by atoms with Gasteiger partial charge in [-0.25, -0.2) is 19.7 Å². The molecule has 6 aromatic carbocycles. The van der Waals surface area contributed by atoms with Gasteiger partial charge in [0.2, 0.25) is 47.3 Å². The molecule has 1 aliphatic carbocycles. The van der Waals surface area contributed by atoms with E-state index in [9.17, 15) is 43.2 Å². The quantitative estimate of drug-likeness (QED) is 0.0806. The van der Waals surface area contributed by atoms with Crippen molar-refractivity contribution in [3.8, 4) is 56.0 Å². The van der Waals surface area contributed by atoms with E-state index >= 15 is 0 Å². The number of hydrogen-bond acceptors (Lipinski definition) is 14. The number of amides is 8. The minimum atomic E-state index is -0.847. The number of fused-ring (bicyclic) bond motifs is 3. The molecule has 8 heterocycles. The number of oxazole rings is 1. The Morgan fingerprint density at radius 3 is 1.69 bits per heavy atom.